The Morgan fingerprint density at radius 2 is 2.24 bits per heavy atom. The van der Waals surface area contributed by atoms with E-state index in [1.807, 2.05) is 0 Å². The fraction of sp³-hybridized carbons (Fsp3) is 0.400. The van der Waals surface area contributed by atoms with Gasteiger partial charge in [-0.3, -0.25) is 19.3 Å². The minimum atomic E-state index is -3.13. The molecule has 0 bridgehead atoms. The van der Waals surface area contributed by atoms with Crippen molar-refractivity contribution in [1.29, 1.82) is 0 Å². The van der Waals surface area contributed by atoms with E-state index in [0.717, 1.165) is 16.7 Å². The van der Waals surface area contributed by atoms with Gasteiger partial charge in [0.2, 0.25) is 5.91 Å². The molecule has 2 aliphatic heterocycles. The summed E-state index contributed by atoms with van der Waals surface area (Å²) in [7, 11) is -1.63. The average molecular weight is 384 g/mol. The first kappa shape index (κ1) is 17.7. The van der Waals surface area contributed by atoms with Gasteiger partial charge >= 0.3 is 0 Å². The lowest BCUT2D eigenvalue weighted by molar-refractivity contribution is -0.136. The van der Waals surface area contributed by atoms with E-state index >= 15 is 0 Å². The summed E-state index contributed by atoms with van der Waals surface area (Å²) >= 11 is 0.738. The zero-order valence-corrected chi connectivity index (χ0v) is 15.0. The maximum atomic E-state index is 12.3. The summed E-state index contributed by atoms with van der Waals surface area (Å²) in [5.41, 5.74) is 0. The Bertz CT molecular complexity index is 843. The minimum absolute atomic E-state index is 0.0444. The predicted molar refractivity (Wildman–Crippen MR) is 91.2 cm³/mol. The van der Waals surface area contributed by atoms with E-state index in [1.165, 1.54) is 24.3 Å². The van der Waals surface area contributed by atoms with Crippen LogP contribution < -0.4 is 0 Å². The number of rotatable bonds is 4. The first-order valence-electron chi connectivity index (χ1n) is 7.52. The number of hydrogen-bond donors (Lipinski definition) is 0. The number of amides is 3. The molecule has 8 nitrogen and oxygen atoms in total. The van der Waals surface area contributed by atoms with E-state index in [1.54, 1.807) is 12.1 Å². The van der Waals surface area contributed by atoms with Crippen LogP contribution in [0.4, 0.5) is 4.79 Å². The van der Waals surface area contributed by atoms with Gasteiger partial charge < -0.3 is 9.32 Å². The third kappa shape index (κ3) is 3.79. The number of furan rings is 1. The van der Waals surface area contributed by atoms with Crippen LogP contribution >= 0.6 is 11.8 Å². The van der Waals surface area contributed by atoms with Crippen molar-refractivity contribution in [3.8, 4) is 0 Å². The molecule has 1 aromatic rings. The summed E-state index contributed by atoms with van der Waals surface area (Å²) in [5, 5.41) is -0.538. The van der Waals surface area contributed by atoms with Gasteiger partial charge in [0.25, 0.3) is 11.1 Å². The second-order valence-corrected chi connectivity index (χ2v) is 9.07. The summed E-state index contributed by atoms with van der Waals surface area (Å²) in [6.45, 7) is -0.410. The van der Waals surface area contributed by atoms with Gasteiger partial charge in [0.1, 0.15) is 12.3 Å². The zero-order valence-electron chi connectivity index (χ0n) is 13.4. The van der Waals surface area contributed by atoms with Crippen LogP contribution in [0.1, 0.15) is 12.2 Å². The summed E-state index contributed by atoms with van der Waals surface area (Å²) in [6.07, 6.45) is 3.26. The smallest absolute Gasteiger partial charge is 0.294 e. The van der Waals surface area contributed by atoms with Crippen LogP contribution in [0.5, 0.6) is 0 Å². The van der Waals surface area contributed by atoms with Gasteiger partial charge in [-0.1, -0.05) is 0 Å². The van der Waals surface area contributed by atoms with E-state index in [9.17, 15) is 22.8 Å². The van der Waals surface area contributed by atoms with Crippen LogP contribution in [0.15, 0.2) is 27.7 Å². The largest absolute Gasteiger partial charge is 0.465 e. The SMILES string of the molecule is CN(C(=O)CN1C(=O)S/C(=C/c2ccco2)C1=O)C1CCS(=O)(=O)C1. The standard InChI is InChI=1S/C15H16N2O6S2/c1-16(10-4-6-25(21,22)9-10)13(18)8-17-14(19)12(24-15(17)20)7-11-3-2-5-23-11/h2-3,5,7,10H,4,6,8-9H2,1H3/b12-7+. The van der Waals surface area contributed by atoms with Gasteiger partial charge in [-0.05, 0) is 30.3 Å². The Kier molecular flexibility index (Phi) is 4.74. The first-order chi connectivity index (χ1) is 11.8. The van der Waals surface area contributed by atoms with E-state index in [4.69, 9.17) is 4.42 Å². The number of imide groups is 1. The lowest BCUT2D eigenvalue weighted by atomic mass is 10.2. The lowest BCUT2D eigenvalue weighted by Gasteiger charge is -2.25. The molecule has 2 fully saturated rings. The Morgan fingerprint density at radius 3 is 2.84 bits per heavy atom. The molecule has 3 heterocycles. The second-order valence-electron chi connectivity index (χ2n) is 5.84. The Balaban J connectivity index is 1.67. The van der Waals surface area contributed by atoms with Crippen molar-refractivity contribution >= 4 is 44.7 Å². The predicted octanol–water partition coefficient (Wildman–Crippen LogP) is 0.961. The topological polar surface area (TPSA) is 105 Å². The highest BCUT2D eigenvalue weighted by molar-refractivity contribution is 8.18. The third-order valence-corrected chi connectivity index (χ3v) is 6.79. The van der Waals surface area contributed by atoms with Gasteiger partial charge in [-0.25, -0.2) is 8.42 Å². The van der Waals surface area contributed by atoms with E-state index in [-0.39, 0.29) is 16.4 Å². The van der Waals surface area contributed by atoms with Crippen molar-refractivity contribution < 1.29 is 27.2 Å². The summed E-state index contributed by atoms with van der Waals surface area (Å²) in [6, 6.07) is 2.88. The molecule has 3 rings (SSSR count). The molecule has 1 aromatic heterocycles. The van der Waals surface area contributed by atoms with E-state index in [0.29, 0.717) is 12.2 Å². The molecule has 134 valence electrons. The van der Waals surface area contributed by atoms with Gasteiger partial charge in [0, 0.05) is 19.2 Å². The quantitative estimate of drug-likeness (QED) is 0.712. The van der Waals surface area contributed by atoms with Crippen LogP contribution in [0.25, 0.3) is 6.08 Å². The molecular formula is C15H16N2O6S2. The highest BCUT2D eigenvalue weighted by atomic mass is 32.2. The minimum Gasteiger partial charge on any atom is -0.465 e. The molecule has 0 N–H and O–H groups in total. The van der Waals surface area contributed by atoms with E-state index < -0.39 is 39.5 Å². The molecule has 2 saturated heterocycles. The maximum Gasteiger partial charge on any atom is 0.294 e. The molecule has 0 spiro atoms. The number of likely N-dealkylation sites (N-methyl/N-ethyl adjacent to an activating group) is 1. The summed E-state index contributed by atoms with van der Waals surface area (Å²) in [5.74, 6) is -0.640. The van der Waals surface area contributed by atoms with Crippen molar-refractivity contribution in [3.05, 3.63) is 29.1 Å². The summed E-state index contributed by atoms with van der Waals surface area (Å²) < 4.78 is 28.2. The lowest BCUT2D eigenvalue weighted by Crippen LogP contribution is -2.45. The van der Waals surface area contributed by atoms with Crippen LogP contribution in [0.2, 0.25) is 0 Å². The van der Waals surface area contributed by atoms with Crippen molar-refractivity contribution in [1.82, 2.24) is 9.80 Å². The van der Waals surface area contributed by atoms with Crippen molar-refractivity contribution in [2.45, 2.75) is 12.5 Å². The highest BCUT2D eigenvalue weighted by Crippen LogP contribution is 2.32. The van der Waals surface area contributed by atoms with Crippen LogP contribution in [0.3, 0.4) is 0 Å². The van der Waals surface area contributed by atoms with Gasteiger partial charge in [-0.2, -0.15) is 0 Å². The number of carbonyl (C=O) groups is 3. The number of sulfone groups is 1. The molecule has 3 amide bonds. The normalized spacial score (nSPS) is 24.3. The van der Waals surface area contributed by atoms with Gasteiger partial charge in [0.05, 0.1) is 22.7 Å². The maximum absolute atomic E-state index is 12.3. The molecule has 2 aliphatic rings. The fourth-order valence-corrected chi connectivity index (χ4v) is 5.26. The Morgan fingerprint density at radius 1 is 1.48 bits per heavy atom. The molecular weight excluding hydrogens is 368 g/mol. The first-order valence-corrected chi connectivity index (χ1v) is 10.2. The fourth-order valence-electron chi connectivity index (χ4n) is 2.67. The number of hydrogen-bond acceptors (Lipinski definition) is 7. The molecule has 0 radical (unpaired) electrons. The second kappa shape index (κ2) is 6.68. The number of thioether (sulfide) groups is 1. The number of nitrogens with zero attached hydrogens (tertiary/aromatic N) is 2. The van der Waals surface area contributed by atoms with Crippen molar-refractivity contribution in [3.63, 3.8) is 0 Å². The van der Waals surface area contributed by atoms with Crippen molar-refractivity contribution in [2.75, 3.05) is 25.1 Å². The molecule has 25 heavy (non-hydrogen) atoms. The van der Waals surface area contributed by atoms with E-state index in [2.05, 4.69) is 0 Å². The van der Waals surface area contributed by atoms with Gasteiger partial charge in [0.15, 0.2) is 9.84 Å². The summed E-state index contributed by atoms with van der Waals surface area (Å²) in [4.78, 5) is 39.1. The highest BCUT2D eigenvalue weighted by Gasteiger charge is 2.39. The molecule has 0 saturated carbocycles. The monoisotopic (exact) mass is 384 g/mol. The van der Waals surface area contributed by atoms with Crippen molar-refractivity contribution in [2.24, 2.45) is 0 Å². The number of carbonyl (C=O) groups excluding carboxylic acids is 3. The van der Waals surface area contributed by atoms with Crippen LogP contribution in [-0.4, -0.2) is 66.4 Å². The molecule has 1 unspecified atom stereocenters. The Hall–Kier alpha value is -2.07. The molecule has 0 aliphatic carbocycles. The molecule has 10 heteroatoms. The Labute approximate surface area is 148 Å². The third-order valence-electron chi connectivity index (χ3n) is 4.13. The van der Waals surface area contributed by atoms with Gasteiger partial charge in [-0.15, -0.1) is 0 Å². The zero-order chi connectivity index (χ0) is 18.2. The van der Waals surface area contributed by atoms with Crippen LogP contribution in [0, 0.1) is 0 Å². The molecule has 1 atom stereocenters. The van der Waals surface area contributed by atoms with Crippen LogP contribution in [-0.2, 0) is 19.4 Å². The average Bonchev–Trinajstić information content (AvgIpc) is 3.24. The molecule has 0 aromatic carbocycles.